The van der Waals surface area contributed by atoms with Crippen LogP contribution in [-0.2, 0) is 4.79 Å². The van der Waals surface area contributed by atoms with Gasteiger partial charge >= 0.3 is 0 Å². The Morgan fingerprint density at radius 1 is 1.32 bits per heavy atom. The Kier molecular flexibility index (Phi) is 6.40. The standard InChI is InChI=1S/C17H22FNO3/c18-14-6-8-16(9-7-14)22-12-15(20)11-19-17(21)10-13-4-2-1-3-5-13/h4,6-9,15,20H,1-3,5,10-12H2,(H,19,21). The first-order valence-corrected chi connectivity index (χ1v) is 7.64. The van der Waals surface area contributed by atoms with E-state index in [-0.39, 0.29) is 24.9 Å². The first kappa shape index (κ1) is 16.5. The average molecular weight is 307 g/mol. The SMILES string of the molecule is O=C(CC1=CCCCC1)NCC(O)COc1ccc(F)cc1. The molecule has 0 radical (unpaired) electrons. The molecule has 2 rings (SSSR count). The van der Waals surface area contributed by atoms with Crippen molar-refractivity contribution in [2.24, 2.45) is 0 Å². The molecule has 4 nitrogen and oxygen atoms in total. The molecule has 0 heterocycles. The molecule has 1 aromatic rings. The molecule has 0 bridgehead atoms. The second kappa shape index (κ2) is 8.54. The predicted molar refractivity (Wildman–Crippen MR) is 82.1 cm³/mol. The summed E-state index contributed by atoms with van der Waals surface area (Å²) in [6, 6.07) is 5.58. The third-order valence-electron chi connectivity index (χ3n) is 3.56. The van der Waals surface area contributed by atoms with Gasteiger partial charge in [-0.25, -0.2) is 4.39 Å². The molecule has 1 aliphatic rings. The van der Waals surface area contributed by atoms with Crippen molar-refractivity contribution in [2.45, 2.75) is 38.2 Å². The van der Waals surface area contributed by atoms with E-state index in [1.54, 1.807) is 0 Å². The Labute approximate surface area is 130 Å². The highest BCUT2D eigenvalue weighted by Crippen LogP contribution is 2.19. The van der Waals surface area contributed by atoms with E-state index in [1.165, 1.54) is 36.3 Å². The summed E-state index contributed by atoms with van der Waals surface area (Å²) < 4.78 is 18.1. The summed E-state index contributed by atoms with van der Waals surface area (Å²) in [5.74, 6) is 0.0744. The highest BCUT2D eigenvalue weighted by molar-refractivity contribution is 5.78. The minimum absolute atomic E-state index is 0.0502. The van der Waals surface area contributed by atoms with Gasteiger partial charge in [-0.05, 0) is 49.9 Å². The molecule has 0 spiro atoms. The van der Waals surface area contributed by atoms with Crippen LogP contribution in [0.15, 0.2) is 35.9 Å². The summed E-state index contributed by atoms with van der Waals surface area (Å²) in [5.41, 5.74) is 1.18. The van der Waals surface area contributed by atoms with Crippen molar-refractivity contribution in [2.75, 3.05) is 13.2 Å². The fourth-order valence-electron chi connectivity index (χ4n) is 2.35. The van der Waals surface area contributed by atoms with E-state index in [4.69, 9.17) is 4.74 Å². The zero-order chi connectivity index (χ0) is 15.8. The smallest absolute Gasteiger partial charge is 0.224 e. The van der Waals surface area contributed by atoms with Crippen molar-refractivity contribution in [3.63, 3.8) is 0 Å². The van der Waals surface area contributed by atoms with Crippen molar-refractivity contribution in [1.29, 1.82) is 0 Å². The van der Waals surface area contributed by atoms with Gasteiger partial charge in [-0.1, -0.05) is 11.6 Å². The van der Waals surface area contributed by atoms with Gasteiger partial charge in [0.2, 0.25) is 5.91 Å². The Hall–Kier alpha value is -1.88. The van der Waals surface area contributed by atoms with Crippen molar-refractivity contribution in [3.8, 4) is 5.75 Å². The molecule has 1 unspecified atom stereocenters. The van der Waals surface area contributed by atoms with Crippen LogP contribution in [0.1, 0.15) is 32.1 Å². The number of aliphatic hydroxyl groups excluding tert-OH is 1. The summed E-state index contributed by atoms with van der Waals surface area (Å²) in [4.78, 5) is 11.8. The maximum atomic E-state index is 12.7. The lowest BCUT2D eigenvalue weighted by molar-refractivity contribution is -0.121. The average Bonchev–Trinajstić information content (AvgIpc) is 2.53. The van der Waals surface area contributed by atoms with E-state index < -0.39 is 6.10 Å². The number of carbonyl (C=O) groups is 1. The van der Waals surface area contributed by atoms with Gasteiger partial charge in [0.05, 0.1) is 0 Å². The Morgan fingerprint density at radius 3 is 2.77 bits per heavy atom. The number of allylic oxidation sites excluding steroid dienone is 1. The maximum Gasteiger partial charge on any atom is 0.224 e. The highest BCUT2D eigenvalue weighted by atomic mass is 19.1. The monoisotopic (exact) mass is 307 g/mol. The van der Waals surface area contributed by atoms with Gasteiger partial charge in [-0.15, -0.1) is 0 Å². The van der Waals surface area contributed by atoms with Crippen LogP contribution in [0, 0.1) is 5.82 Å². The molecule has 1 aromatic carbocycles. The number of hydrogen-bond donors (Lipinski definition) is 2. The summed E-state index contributed by atoms with van der Waals surface area (Å²) in [6.07, 6.45) is 6.13. The van der Waals surface area contributed by atoms with Crippen LogP contribution in [0.4, 0.5) is 4.39 Å². The highest BCUT2D eigenvalue weighted by Gasteiger charge is 2.11. The van der Waals surface area contributed by atoms with Gasteiger partial charge in [-0.3, -0.25) is 4.79 Å². The number of aliphatic hydroxyl groups is 1. The number of rotatable bonds is 7. The largest absolute Gasteiger partial charge is 0.491 e. The van der Waals surface area contributed by atoms with E-state index in [1.807, 2.05) is 0 Å². The lowest BCUT2D eigenvalue weighted by atomic mass is 9.97. The molecular weight excluding hydrogens is 285 g/mol. The van der Waals surface area contributed by atoms with Crippen molar-refractivity contribution < 1.29 is 19.0 Å². The second-order valence-corrected chi connectivity index (χ2v) is 5.51. The summed E-state index contributed by atoms with van der Waals surface area (Å²) in [6.45, 7) is 0.196. The lowest BCUT2D eigenvalue weighted by Gasteiger charge is -2.15. The van der Waals surface area contributed by atoms with Crippen molar-refractivity contribution in [3.05, 3.63) is 41.7 Å². The Bertz CT molecular complexity index is 513. The molecule has 1 atom stereocenters. The van der Waals surface area contributed by atoms with Gasteiger partial charge in [-0.2, -0.15) is 0 Å². The number of carbonyl (C=O) groups excluding carboxylic acids is 1. The Morgan fingerprint density at radius 2 is 2.09 bits per heavy atom. The summed E-state index contributed by atoms with van der Waals surface area (Å²) in [5, 5.41) is 12.5. The zero-order valence-electron chi connectivity index (χ0n) is 12.6. The number of amides is 1. The zero-order valence-corrected chi connectivity index (χ0v) is 12.6. The number of halogens is 1. The molecule has 0 aromatic heterocycles. The van der Waals surface area contributed by atoms with Crippen LogP contribution >= 0.6 is 0 Å². The molecule has 1 aliphatic carbocycles. The molecule has 120 valence electrons. The first-order chi connectivity index (χ1) is 10.6. The molecule has 0 fully saturated rings. The predicted octanol–water partition coefficient (Wildman–Crippen LogP) is 2.57. The Balaban J connectivity index is 1.64. The van der Waals surface area contributed by atoms with Gasteiger partial charge < -0.3 is 15.2 Å². The van der Waals surface area contributed by atoms with Gasteiger partial charge in [0.1, 0.15) is 24.3 Å². The molecule has 5 heteroatoms. The van der Waals surface area contributed by atoms with E-state index in [0.717, 1.165) is 19.3 Å². The minimum Gasteiger partial charge on any atom is -0.491 e. The summed E-state index contributed by atoms with van der Waals surface area (Å²) >= 11 is 0. The van der Waals surface area contributed by atoms with Gasteiger partial charge in [0.25, 0.3) is 0 Å². The fourth-order valence-corrected chi connectivity index (χ4v) is 2.35. The number of benzene rings is 1. The third-order valence-corrected chi connectivity index (χ3v) is 3.56. The van der Waals surface area contributed by atoms with Crippen LogP contribution in [-0.4, -0.2) is 30.3 Å². The molecule has 1 amide bonds. The molecular formula is C17H22FNO3. The van der Waals surface area contributed by atoms with Crippen molar-refractivity contribution in [1.82, 2.24) is 5.32 Å². The van der Waals surface area contributed by atoms with E-state index in [9.17, 15) is 14.3 Å². The first-order valence-electron chi connectivity index (χ1n) is 7.64. The van der Waals surface area contributed by atoms with Crippen LogP contribution in [0.2, 0.25) is 0 Å². The van der Waals surface area contributed by atoms with Crippen molar-refractivity contribution >= 4 is 5.91 Å². The van der Waals surface area contributed by atoms with Crippen LogP contribution in [0.25, 0.3) is 0 Å². The number of nitrogens with one attached hydrogen (secondary N) is 1. The van der Waals surface area contributed by atoms with E-state index in [2.05, 4.69) is 11.4 Å². The van der Waals surface area contributed by atoms with Gasteiger partial charge in [0, 0.05) is 13.0 Å². The molecule has 2 N–H and O–H groups in total. The van der Waals surface area contributed by atoms with E-state index in [0.29, 0.717) is 12.2 Å². The van der Waals surface area contributed by atoms with Crippen LogP contribution in [0.3, 0.4) is 0 Å². The van der Waals surface area contributed by atoms with Crippen LogP contribution in [0.5, 0.6) is 5.75 Å². The number of hydrogen-bond acceptors (Lipinski definition) is 3. The van der Waals surface area contributed by atoms with Crippen LogP contribution < -0.4 is 10.1 Å². The fraction of sp³-hybridized carbons (Fsp3) is 0.471. The van der Waals surface area contributed by atoms with Gasteiger partial charge in [0.15, 0.2) is 0 Å². The quantitative estimate of drug-likeness (QED) is 0.761. The lowest BCUT2D eigenvalue weighted by Crippen LogP contribution is -2.35. The third kappa shape index (κ3) is 5.85. The minimum atomic E-state index is -0.797. The maximum absolute atomic E-state index is 12.7. The normalized spacial score (nSPS) is 15.8. The number of ether oxygens (including phenoxy) is 1. The van der Waals surface area contributed by atoms with E-state index >= 15 is 0 Å². The summed E-state index contributed by atoms with van der Waals surface area (Å²) in [7, 11) is 0. The molecule has 0 saturated heterocycles. The molecule has 22 heavy (non-hydrogen) atoms. The molecule has 0 saturated carbocycles. The second-order valence-electron chi connectivity index (χ2n) is 5.51. The molecule has 0 aliphatic heterocycles. The topological polar surface area (TPSA) is 58.6 Å².